The van der Waals surface area contributed by atoms with Gasteiger partial charge in [-0.1, -0.05) is 56.1 Å². The van der Waals surface area contributed by atoms with Gasteiger partial charge in [-0.05, 0) is 30.4 Å². The first kappa shape index (κ1) is 11.3. The second-order valence-electron chi connectivity index (χ2n) is 3.05. The summed E-state index contributed by atoms with van der Waals surface area (Å²) in [6.07, 6.45) is 3.52. The summed E-state index contributed by atoms with van der Waals surface area (Å²) >= 11 is 6.88. The predicted octanol–water partition coefficient (Wildman–Crippen LogP) is 3.95. The summed E-state index contributed by atoms with van der Waals surface area (Å²) in [6.45, 7) is 0. The van der Waals surface area contributed by atoms with Crippen molar-refractivity contribution in [3.63, 3.8) is 0 Å². The van der Waals surface area contributed by atoms with Crippen LogP contribution in [0, 0.1) is 0 Å². The quantitative estimate of drug-likeness (QED) is 0.723. The lowest BCUT2D eigenvalue weighted by atomic mass is 10.1. The van der Waals surface area contributed by atoms with Crippen LogP contribution in [0.3, 0.4) is 0 Å². The van der Waals surface area contributed by atoms with E-state index in [0.29, 0.717) is 0 Å². The van der Waals surface area contributed by atoms with Crippen molar-refractivity contribution >= 4 is 31.9 Å². The van der Waals surface area contributed by atoms with E-state index in [-0.39, 0.29) is 0 Å². The molecule has 0 bridgehead atoms. The van der Waals surface area contributed by atoms with Crippen LogP contribution in [0.2, 0.25) is 0 Å². The smallest absolute Gasteiger partial charge is 0.00718 e. The minimum absolute atomic E-state index is 1.05. The van der Waals surface area contributed by atoms with Crippen molar-refractivity contribution in [2.45, 2.75) is 19.3 Å². The molecule has 72 valence electrons. The Morgan fingerprint density at radius 2 is 1.31 bits per heavy atom. The normalized spacial score (nSPS) is 10.3. The molecular formula is C11H14Br2. The molecule has 0 saturated heterocycles. The van der Waals surface area contributed by atoms with Crippen molar-refractivity contribution in [3.8, 4) is 0 Å². The monoisotopic (exact) mass is 304 g/mol. The van der Waals surface area contributed by atoms with Gasteiger partial charge in [0.15, 0.2) is 0 Å². The Morgan fingerprint density at radius 3 is 1.77 bits per heavy atom. The molecule has 0 nitrogen and oxygen atoms in total. The zero-order chi connectivity index (χ0) is 9.52. The highest BCUT2D eigenvalue weighted by Crippen LogP contribution is 2.08. The maximum absolute atomic E-state index is 3.44. The van der Waals surface area contributed by atoms with E-state index in [2.05, 4.69) is 56.1 Å². The van der Waals surface area contributed by atoms with Gasteiger partial charge in [-0.15, -0.1) is 0 Å². The summed E-state index contributed by atoms with van der Waals surface area (Å²) in [5, 5.41) is 2.14. The third-order valence-electron chi connectivity index (χ3n) is 2.01. The van der Waals surface area contributed by atoms with Crippen molar-refractivity contribution in [2.24, 2.45) is 0 Å². The summed E-state index contributed by atoms with van der Waals surface area (Å²) in [4.78, 5) is 0. The SMILES string of the molecule is BrCCCc1ccc(CCBr)cc1. The minimum atomic E-state index is 1.05. The Kier molecular flexibility index (Phi) is 5.72. The average molecular weight is 306 g/mol. The highest BCUT2D eigenvalue weighted by Gasteiger charge is 1.94. The van der Waals surface area contributed by atoms with Crippen molar-refractivity contribution in [1.29, 1.82) is 0 Å². The summed E-state index contributed by atoms with van der Waals surface area (Å²) in [6, 6.07) is 8.93. The topological polar surface area (TPSA) is 0 Å². The van der Waals surface area contributed by atoms with Gasteiger partial charge in [0.2, 0.25) is 0 Å². The van der Waals surface area contributed by atoms with E-state index < -0.39 is 0 Å². The molecule has 0 fully saturated rings. The van der Waals surface area contributed by atoms with Gasteiger partial charge in [-0.3, -0.25) is 0 Å². The minimum Gasteiger partial charge on any atom is -0.0928 e. The summed E-state index contributed by atoms with van der Waals surface area (Å²) < 4.78 is 0. The molecule has 1 aromatic rings. The molecule has 13 heavy (non-hydrogen) atoms. The van der Waals surface area contributed by atoms with Crippen LogP contribution in [0.1, 0.15) is 17.5 Å². The molecule has 0 aliphatic carbocycles. The molecule has 0 amide bonds. The van der Waals surface area contributed by atoms with E-state index in [1.54, 1.807) is 0 Å². The second-order valence-corrected chi connectivity index (χ2v) is 4.63. The molecule has 0 radical (unpaired) electrons. The zero-order valence-corrected chi connectivity index (χ0v) is 10.8. The first-order valence-electron chi connectivity index (χ1n) is 4.56. The number of hydrogen-bond donors (Lipinski definition) is 0. The van der Waals surface area contributed by atoms with Crippen LogP contribution >= 0.6 is 31.9 Å². The average Bonchev–Trinajstić information content (AvgIpc) is 2.17. The lowest BCUT2D eigenvalue weighted by Gasteiger charge is -2.01. The highest BCUT2D eigenvalue weighted by atomic mass is 79.9. The van der Waals surface area contributed by atoms with Gasteiger partial charge in [0.05, 0.1) is 0 Å². The van der Waals surface area contributed by atoms with Gasteiger partial charge < -0.3 is 0 Å². The van der Waals surface area contributed by atoms with Crippen LogP contribution in [-0.2, 0) is 12.8 Å². The fourth-order valence-corrected chi connectivity index (χ4v) is 1.99. The third-order valence-corrected chi connectivity index (χ3v) is 2.96. The molecule has 0 atom stereocenters. The van der Waals surface area contributed by atoms with Crippen LogP contribution in [0.15, 0.2) is 24.3 Å². The van der Waals surface area contributed by atoms with Gasteiger partial charge in [-0.2, -0.15) is 0 Å². The summed E-state index contributed by atoms with van der Waals surface area (Å²) in [5.41, 5.74) is 2.86. The van der Waals surface area contributed by atoms with Crippen LogP contribution in [0.4, 0.5) is 0 Å². The van der Waals surface area contributed by atoms with Gasteiger partial charge in [-0.25, -0.2) is 0 Å². The lowest BCUT2D eigenvalue weighted by Crippen LogP contribution is -1.89. The van der Waals surface area contributed by atoms with Crippen molar-refractivity contribution in [2.75, 3.05) is 10.7 Å². The molecule has 0 spiro atoms. The van der Waals surface area contributed by atoms with E-state index >= 15 is 0 Å². The molecule has 2 heteroatoms. The Morgan fingerprint density at radius 1 is 0.769 bits per heavy atom. The molecule has 0 unspecified atom stereocenters. The summed E-state index contributed by atoms with van der Waals surface area (Å²) in [5.74, 6) is 0. The Labute approximate surface area is 97.0 Å². The number of benzene rings is 1. The van der Waals surface area contributed by atoms with E-state index in [9.17, 15) is 0 Å². The predicted molar refractivity (Wildman–Crippen MR) is 66.1 cm³/mol. The van der Waals surface area contributed by atoms with E-state index in [4.69, 9.17) is 0 Å². The van der Waals surface area contributed by atoms with Gasteiger partial charge in [0, 0.05) is 10.7 Å². The second kappa shape index (κ2) is 6.61. The van der Waals surface area contributed by atoms with E-state index in [1.807, 2.05) is 0 Å². The fourth-order valence-electron chi connectivity index (χ4n) is 1.25. The largest absolute Gasteiger partial charge is 0.0928 e. The van der Waals surface area contributed by atoms with Crippen LogP contribution in [0.5, 0.6) is 0 Å². The fraction of sp³-hybridized carbons (Fsp3) is 0.455. The number of alkyl halides is 2. The number of rotatable bonds is 5. The molecule has 0 saturated carbocycles. The van der Waals surface area contributed by atoms with Gasteiger partial charge in [0.1, 0.15) is 0 Å². The molecule has 1 aromatic carbocycles. The molecule has 0 aromatic heterocycles. The van der Waals surface area contributed by atoms with Gasteiger partial charge in [0.25, 0.3) is 0 Å². The molecular weight excluding hydrogens is 292 g/mol. The van der Waals surface area contributed by atoms with Crippen molar-refractivity contribution in [3.05, 3.63) is 35.4 Å². The van der Waals surface area contributed by atoms with Crippen LogP contribution in [-0.4, -0.2) is 10.7 Å². The number of aryl methyl sites for hydroxylation is 2. The van der Waals surface area contributed by atoms with Crippen molar-refractivity contribution < 1.29 is 0 Å². The molecule has 0 aliphatic rings. The Hall–Kier alpha value is 0.180. The molecule has 0 aliphatic heterocycles. The third kappa shape index (κ3) is 4.28. The van der Waals surface area contributed by atoms with Crippen molar-refractivity contribution in [1.82, 2.24) is 0 Å². The maximum Gasteiger partial charge on any atom is 0.00718 e. The first-order chi connectivity index (χ1) is 6.36. The lowest BCUT2D eigenvalue weighted by molar-refractivity contribution is 0.937. The molecule has 0 N–H and O–H groups in total. The standard InChI is InChI=1S/C11H14Br2/c12-8-1-2-10-3-5-11(6-4-10)7-9-13/h3-6H,1-2,7-9H2. The first-order valence-corrected chi connectivity index (χ1v) is 6.81. The molecule has 1 rings (SSSR count). The Bertz CT molecular complexity index is 228. The Balaban J connectivity index is 2.48. The summed E-state index contributed by atoms with van der Waals surface area (Å²) in [7, 11) is 0. The number of halogens is 2. The number of hydrogen-bond acceptors (Lipinski definition) is 0. The van der Waals surface area contributed by atoms with Gasteiger partial charge >= 0.3 is 0 Å². The maximum atomic E-state index is 3.44. The van der Waals surface area contributed by atoms with E-state index in [0.717, 1.165) is 17.1 Å². The highest BCUT2D eigenvalue weighted by molar-refractivity contribution is 9.09. The van der Waals surface area contributed by atoms with Crippen LogP contribution in [0.25, 0.3) is 0 Å². The van der Waals surface area contributed by atoms with Crippen LogP contribution < -0.4 is 0 Å². The molecule has 0 heterocycles. The zero-order valence-electron chi connectivity index (χ0n) is 7.60. The van der Waals surface area contributed by atoms with E-state index in [1.165, 1.54) is 24.0 Å².